The summed E-state index contributed by atoms with van der Waals surface area (Å²) < 4.78 is 0. The van der Waals surface area contributed by atoms with E-state index in [0.29, 0.717) is 11.6 Å². The number of nitrogens with zero attached hydrogens (tertiary/aromatic N) is 4. The van der Waals surface area contributed by atoms with Gasteiger partial charge in [0.15, 0.2) is 0 Å². The number of aromatic nitrogens is 2. The van der Waals surface area contributed by atoms with Crippen LogP contribution >= 0.6 is 0 Å². The molecule has 2 aromatic carbocycles. The molecule has 0 spiro atoms. The molecule has 0 radical (unpaired) electrons. The van der Waals surface area contributed by atoms with Crippen LogP contribution in [0.2, 0.25) is 0 Å². The third-order valence-electron chi connectivity index (χ3n) is 4.77. The molecule has 1 aromatic heterocycles. The van der Waals surface area contributed by atoms with Crippen LogP contribution in [0.5, 0.6) is 0 Å². The van der Waals surface area contributed by atoms with Crippen LogP contribution in [0.1, 0.15) is 10.4 Å². The predicted molar refractivity (Wildman–Crippen MR) is 112 cm³/mol. The Labute approximate surface area is 163 Å². The van der Waals surface area contributed by atoms with E-state index in [4.69, 9.17) is 5.73 Å². The van der Waals surface area contributed by atoms with Crippen molar-refractivity contribution in [1.82, 2.24) is 9.97 Å². The first-order valence-electron chi connectivity index (χ1n) is 9.24. The van der Waals surface area contributed by atoms with Gasteiger partial charge in [-0.2, -0.15) is 4.98 Å². The zero-order valence-corrected chi connectivity index (χ0v) is 15.5. The standard InChI is InChI=1S/C21H22N6O/c22-19-18(20(28)24-16-7-3-1-4-8-16)15-23-21(25-19)27-13-11-26(12-14-27)17-9-5-2-6-10-17/h1-10,15H,11-14H2,(H,24,28)(H2,22,23,25). The fraction of sp³-hybridized carbons (Fsp3) is 0.190. The number of amides is 1. The highest BCUT2D eigenvalue weighted by Crippen LogP contribution is 2.20. The monoisotopic (exact) mass is 374 g/mol. The van der Waals surface area contributed by atoms with Gasteiger partial charge in [-0.15, -0.1) is 0 Å². The lowest BCUT2D eigenvalue weighted by atomic mass is 10.2. The Morgan fingerprint density at radius 1 is 0.893 bits per heavy atom. The minimum atomic E-state index is -0.316. The number of nitrogen functional groups attached to an aromatic ring is 1. The molecule has 1 fully saturated rings. The van der Waals surface area contributed by atoms with E-state index >= 15 is 0 Å². The van der Waals surface area contributed by atoms with Gasteiger partial charge in [0.05, 0.1) is 0 Å². The zero-order chi connectivity index (χ0) is 19.3. The summed E-state index contributed by atoms with van der Waals surface area (Å²) in [5.74, 6) is 0.425. The van der Waals surface area contributed by atoms with E-state index in [9.17, 15) is 4.79 Å². The maximum Gasteiger partial charge on any atom is 0.260 e. The number of piperazine rings is 1. The normalized spacial score (nSPS) is 14.0. The van der Waals surface area contributed by atoms with Crippen molar-refractivity contribution in [3.05, 3.63) is 72.4 Å². The quantitative estimate of drug-likeness (QED) is 0.730. The van der Waals surface area contributed by atoms with Crippen molar-refractivity contribution in [2.24, 2.45) is 0 Å². The Balaban J connectivity index is 1.41. The summed E-state index contributed by atoms with van der Waals surface area (Å²) in [5, 5.41) is 2.80. The van der Waals surface area contributed by atoms with E-state index in [2.05, 4.69) is 37.2 Å². The molecule has 7 heteroatoms. The van der Waals surface area contributed by atoms with Crippen molar-refractivity contribution in [3.63, 3.8) is 0 Å². The highest BCUT2D eigenvalue weighted by atomic mass is 16.1. The number of nitrogens with one attached hydrogen (secondary N) is 1. The van der Waals surface area contributed by atoms with Gasteiger partial charge in [0.25, 0.3) is 5.91 Å². The Kier molecular flexibility index (Phi) is 5.05. The SMILES string of the molecule is Nc1nc(N2CCN(c3ccccc3)CC2)ncc1C(=O)Nc1ccccc1. The van der Waals surface area contributed by atoms with Crippen LogP contribution in [0, 0.1) is 0 Å². The molecule has 1 aliphatic heterocycles. The topological polar surface area (TPSA) is 87.4 Å². The highest BCUT2D eigenvalue weighted by molar-refractivity contribution is 6.07. The number of hydrogen-bond donors (Lipinski definition) is 2. The van der Waals surface area contributed by atoms with Crippen LogP contribution in [-0.2, 0) is 0 Å². The number of carbonyl (C=O) groups is 1. The van der Waals surface area contributed by atoms with E-state index in [0.717, 1.165) is 26.2 Å². The fourth-order valence-corrected chi connectivity index (χ4v) is 3.24. The van der Waals surface area contributed by atoms with Gasteiger partial charge >= 0.3 is 0 Å². The zero-order valence-electron chi connectivity index (χ0n) is 15.5. The molecule has 4 rings (SSSR count). The molecule has 0 unspecified atom stereocenters. The van der Waals surface area contributed by atoms with Crippen LogP contribution in [0.15, 0.2) is 66.9 Å². The third-order valence-corrected chi connectivity index (χ3v) is 4.77. The molecular weight excluding hydrogens is 352 g/mol. The van der Waals surface area contributed by atoms with Crippen molar-refractivity contribution >= 4 is 29.0 Å². The summed E-state index contributed by atoms with van der Waals surface area (Å²) in [6, 6.07) is 19.6. The van der Waals surface area contributed by atoms with Crippen LogP contribution in [0.4, 0.5) is 23.1 Å². The summed E-state index contributed by atoms with van der Waals surface area (Å²) in [4.78, 5) is 25.6. The molecule has 0 bridgehead atoms. The van der Waals surface area contributed by atoms with Crippen molar-refractivity contribution in [2.75, 3.05) is 47.0 Å². The van der Waals surface area contributed by atoms with Gasteiger partial charge < -0.3 is 20.9 Å². The molecule has 2 heterocycles. The first-order valence-corrected chi connectivity index (χ1v) is 9.24. The lowest BCUT2D eigenvalue weighted by Gasteiger charge is -2.36. The number of rotatable bonds is 4. The summed E-state index contributed by atoms with van der Waals surface area (Å²) in [6.07, 6.45) is 1.50. The molecule has 0 saturated carbocycles. The lowest BCUT2D eigenvalue weighted by Crippen LogP contribution is -2.47. The van der Waals surface area contributed by atoms with Gasteiger partial charge in [-0.1, -0.05) is 36.4 Å². The van der Waals surface area contributed by atoms with Gasteiger partial charge in [-0.25, -0.2) is 4.98 Å². The second-order valence-electron chi connectivity index (χ2n) is 6.60. The molecule has 1 amide bonds. The third kappa shape index (κ3) is 3.88. The summed E-state index contributed by atoms with van der Waals surface area (Å²) in [7, 11) is 0. The molecule has 7 nitrogen and oxygen atoms in total. The van der Waals surface area contributed by atoms with E-state index < -0.39 is 0 Å². The molecule has 28 heavy (non-hydrogen) atoms. The van der Waals surface area contributed by atoms with Crippen LogP contribution in [0.25, 0.3) is 0 Å². The second-order valence-corrected chi connectivity index (χ2v) is 6.60. The summed E-state index contributed by atoms with van der Waals surface area (Å²) in [5.41, 5.74) is 8.25. The first kappa shape index (κ1) is 17.8. The number of nitrogens with two attached hydrogens (primary N) is 1. The maximum atomic E-state index is 12.4. The molecule has 0 atom stereocenters. The molecule has 1 saturated heterocycles. The van der Waals surface area contributed by atoms with E-state index in [1.54, 1.807) is 0 Å². The van der Waals surface area contributed by atoms with Gasteiger partial charge in [0.1, 0.15) is 11.4 Å². The van der Waals surface area contributed by atoms with Crippen LogP contribution in [-0.4, -0.2) is 42.1 Å². The van der Waals surface area contributed by atoms with E-state index in [1.807, 2.05) is 48.5 Å². The second kappa shape index (κ2) is 7.96. The average molecular weight is 374 g/mol. The molecule has 142 valence electrons. The molecule has 3 aromatic rings. The molecule has 1 aliphatic rings. The highest BCUT2D eigenvalue weighted by Gasteiger charge is 2.21. The molecular formula is C21H22N6O. The van der Waals surface area contributed by atoms with Crippen LogP contribution in [0.3, 0.4) is 0 Å². The Morgan fingerprint density at radius 2 is 1.50 bits per heavy atom. The van der Waals surface area contributed by atoms with E-state index in [-0.39, 0.29) is 17.3 Å². The number of para-hydroxylation sites is 2. The lowest BCUT2D eigenvalue weighted by molar-refractivity contribution is 0.102. The summed E-state index contributed by atoms with van der Waals surface area (Å²) in [6.45, 7) is 3.35. The minimum Gasteiger partial charge on any atom is -0.383 e. The Hall–Kier alpha value is -3.61. The maximum absolute atomic E-state index is 12.4. The van der Waals surface area contributed by atoms with Crippen molar-refractivity contribution in [3.8, 4) is 0 Å². The predicted octanol–water partition coefficient (Wildman–Crippen LogP) is 2.64. The van der Waals surface area contributed by atoms with Crippen LogP contribution < -0.4 is 20.9 Å². The number of benzene rings is 2. The minimum absolute atomic E-state index is 0.184. The average Bonchev–Trinajstić information content (AvgIpc) is 2.75. The number of anilines is 4. The first-order chi connectivity index (χ1) is 13.7. The van der Waals surface area contributed by atoms with Gasteiger partial charge in [-0.3, -0.25) is 4.79 Å². The van der Waals surface area contributed by atoms with Gasteiger partial charge in [0, 0.05) is 43.8 Å². The van der Waals surface area contributed by atoms with Gasteiger partial charge in [0.2, 0.25) is 5.95 Å². The van der Waals surface area contributed by atoms with Crippen molar-refractivity contribution in [1.29, 1.82) is 0 Å². The molecule has 3 N–H and O–H groups in total. The number of hydrogen-bond acceptors (Lipinski definition) is 6. The van der Waals surface area contributed by atoms with E-state index in [1.165, 1.54) is 11.9 Å². The molecule has 0 aliphatic carbocycles. The Bertz CT molecular complexity index is 940. The largest absolute Gasteiger partial charge is 0.383 e. The smallest absolute Gasteiger partial charge is 0.260 e. The van der Waals surface area contributed by atoms with Crippen molar-refractivity contribution < 1.29 is 4.79 Å². The fourth-order valence-electron chi connectivity index (χ4n) is 3.24. The number of carbonyl (C=O) groups excluding carboxylic acids is 1. The Morgan fingerprint density at radius 3 is 2.14 bits per heavy atom. The summed E-state index contributed by atoms with van der Waals surface area (Å²) >= 11 is 0. The van der Waals surface area contributed by atoms with Gasteiger partial charge in [-0.05, 0) is 24.3 Å². The van der Waals surface area contributed by atoms with Crippen molar-refractivity contribution in [2.45, 2.75) is 0 Å².